The molecule has 2 fully saturated rings. The van der Waals surface area contributed by atoms with Crippen molar-refractivity contribution in [2.45, 2.75) is 51.6 Å². The lowest BCUT2D eigenvalue weighted by Gasteiger charge is -2.49. The molecule has 6 nitrogen and oxygen atoms in total. The molecule has 2 aliphatic heterocycles. The summed E-state index contributed by atoms with van der Waals surface area (Å²) < 4.78 is 5.48. The second kappa shape index (κ2) is 6.65. The molecule has 1 unspecified atom stereocenters. The molecule has 2 aliphatic rings. The zero-order valence-corrected chi connectivity index (χ0v) is 15.2. The summed E-state index contributed by atoms with van der Waals surface area (Å²) in [5, 5.41) is 3.00. The molecule has 6 heteroatoms. The van der Waals surface area contributed by atoms with Gasteiger partial charge in [0.1, 0.15) is 5.60 Å². The van der Waals surface area contributed by atoms with Crippen molar-refractivity contribution in [2.24, 2.45) is 5.41 Å². The molecule has 136 valence electrons. The van der Waals surface area contributed by atoms with Gasteiger partial charge in [0.15, 0.2) is 0 Å². The number of carbonyl (C=O) groups excluding carboxylic acids is 2. The minimum atomic E-state index is -0.490. The first kappa shape index (κ1) is 17.7. The Morgan fingerprint density at radius 2 is 1.92 bits per heavy atom. The fourth-order valence-corrected chi connectivity index (χ4v) is 3.99. The second-order valence-electron chi connectivity index (χ2n) is 8.14. The number of aromatic nitrogens is 1. The highest BCUT2D eigenvalue weighted by Crippen LogP contribution is 2.48. The lowest BCUT2D eigenvalue weighted by atomic mass is 9.62. The Bertz CT molecular complexity index is 631. The molecule has 1 aromatic heterocycles. The van der Waals surface area contributed by atoms with Crippen LogP contribution in [-0.2, 0) is 9.53 Å². The van der Waals surface area contributed by atoms with Crippen molar-refractivity contribution in [3.8, 4) is 0 Å². The van der Waals surface area contributed by atoms with E-state index in [1.807, 2.05) is 32.9 Å². The Kier molecular flexibility index (Phi) is 4.71. The first-order chi connectivity index (χ1) is 11.8. The van der Waals surface area contributed by atoms with Gasteiger partial charge in [0, 0.05) is 44.4 Å². The number of amides is 2. The fraction of sp³-hybridized carbons (Fsp3) is 0.632. The van der Waals surface area contributed by atoms with Gasteiger partial charge in [-0.15, -0.1) is 0 Å². The van der Waals surface area contributed by atoms with Crippen LogP contribution in [0.1, 0.15) is 51.5 Å². The van der Waals surface area contributed by atoms with Crippen LogP contribution in [-0.4, -0.2) is 47.1 Å². The topological polar surface area (TPSA) is 71.5 Å². The average Bonchev–Trinajstić information content (AvgIpc) is 2.55. The van der Waals surface area contributed by atoms with Crippen LogP contribution in [0.5, 0.6) is 0 Å². The lowest BCUT2D eigenvalue weighted by molar-refractivity contribution is -0.128. The Hall–Kier alpha value is -2.11. The van der Waals surface area contributed by atoms with E-state index in [1.165, 1.54) is 5.56 Å². The van der Waals surface area contributed by atoms with E-state index < -0.39 is 5.60 Å². The van der Waals surface area contributed by atoms with Gasteiger partial charge in [-0.2, -0.15) is 0 Å². The average molecular weight is 345 g/mol. The minimum Gasteiger partial charge on any atom is -0.444 e. The summed E-state index contributed by atoms with van der Waals surface area (Å²) in [4.78, 5) is 30.3. The van der Waals surface area contributed by atoms with Crippen molar-refractivity contribution in [1.29, 1.82) is 0 Å². The van der Waals surface area contributed by atoms with Gasteiger partial charge in [0.25, 0.3) is 0 Å². The van der Waals surface area contributed by atoms with Crippen molar-refractivity contribution >= 4 is 12.0 Å². The number of likely N-dealkylation sites (tertiary alicyclic amines) is 1. The zero-order chi connectivity index (χ0) is 18.1. The van der Waals surface area contributed by atoms with Gasteiger partial charge >= 0.3 is 6.09 Å². The summed E-state index contributed by atoms with van der Waals surface area (Å²) >= 11 is 0. The molecule has 25 heavy (non-hydrogen) atoms. The first-order valence-corrected chi connectivity index (χ1v) is 8.94. The second-order valence-corrected chi connectivity index (χ2v) is 8.14. The summed E-state index contributed by atoms with van der Waals surface area (Å²) in [6.45, 7) is 7.53. The van der Waals surface area contributed by atoms with E-state index in [1.54, 1.807) is 17.3 Å². The highest BCUT2D eigenvalue weighted by Gasteiger charge is 2.47. The molecule has 1 atom stereocenters. The SMILES string of the molecule is CC(C)(C)OC(=O)N1CCC2(CC1)CC(=O)NCC2c1ccncc1. The van der Waals surface area contributed by atoms with E-state index >= 15 is 0 Å². The van der Waals surface area contributed by atoms with Gasteiger partial charge in [-0.1, -0.05) is 0 Å². The Balaban J connectivity index is 1.74. The number of pyridine rings is 1. The van der Waals surface area contributed by atoms with E-state index in [4.69, 9.17) is 4.74 Å². The Morgan fingerprint density at radius 1 is 1.28 bits per heavy atom. The number of hydrogen-bond acceptors (Lipinski definition) is 4. The molecule has 3 heterocycles. The molecular weight excluding hydrogens is 318 g/mol. The predicted molar refractivity (Wildman–Crippen MR) is 94.1 cm³/mol. The van der Waals surface area contributed by atoms with E-state index in [-0.39, 0.29) is 23.3 Å². The first-order valence-electron chi connectivity index (χ1n) is 8.94. The highest BCUT2D eigenvalue weighted by molar-refractivity contribution is 5.78. The largest absolute Gasteiger partial charge is 0.444 e. The van der Waals surface area contributed by atoms with Crippen LogP contribution in [0.3, 0.4) is 0 Å². The standard InChI is InChI=1S/C19H27N3O3/c1-18(2,3)25-17(24)22-10-6-19(7-11-22)12-16(23)21-13-15(19)14-4-8-20-9-5-14/h4-5,8-9,15H,6-7,10-13H2,1-3H3,(H,21,23). The van der Waals surface area contributed by atoms with Crippen LogP contribution in [0.15, 0.2) is 24.5 Å². The Labute approximate surface area is 148 Å². The predicted octanol–water partition coefficient (Wildman–Crippen LogP) is 2.70. The van der Waals surface area contributed by atoms with Crippen LogP contribution in [0, 0.1) is 5.41 Å². The summed E-state index contributed by atoms with van der Waals surface area (Å²) in [5.41, 5.74) is 0.624. The fourth-order valence-electron chi connectivity index (χ4n) is 3.99. The monoisotopic (exact) mass is 345 g/mol. The van der Waals surface area contributed by atoms with E-state index in [9.17, 15) is 9.59 Å². The van der Waals surface area contributed by atoms with Gasteiger partial charge in [-0.05, 0) is 56.7 Å². The number of piperidine rings is 2. The quantitative estimate of drug-likeness (QED) is 0.849. The molecule has 2 amide bonds. The van der Waals surface area contributed by atoms with Gasteiger partial charge < -0.3 is 15.0 Å². The maximum atomic E-state index is 12.3. The van der Waals surface area contributed by atoms with E-state index in [2.05, 4.69) is 10.3 Å². The Morgan fingerprint density at radius 3 is 2.52 bits per heavy atom. The molecule has 3 rings (SSSR count). The molecule has 0 radical (unpaired) electrons. The van der Waals surface area contributed by atoms with Crippen LogP contribution in [0.2, 0.25) is 0 Å². The zero-order valence-electron chi connectivity index (χ0n) is 15.2. The number of carbonyl (C=O) groups is 2. The summed E-state index contributed by atoms with van der Waals surface area (Å²) in [6.07, 6.45) is 5.48. The molecule has 0 bridgehead atoms. The maximum absolute atomic E-state index is 12.3. The van der Waals surface area contributed by atoms with Crippen molar-refractivity contribution in [1.82, 2.24) is 15.2 Å². The number of rotatable bonds is 1. The van der Waals surface area contributed by atoms with Crippen LogP contribution < -0.4 is 5.32 Å². The lowest BCUT2D eigenvalue weighted by Crippen LogP contribution is -2.53. The summed E-state index contributed by atoms with van der Waals surface area (Å²) in [6, 6.07) is 4.06. The van der Waals surface area contributed by atoms with Crippen molar-refractivity contribution in [3.63, 3.8) is 0 Å². The molecule has 1 aromatic rings. The highest BCUT2D eigenvalue weighted by atomic mass is 16.6. The van der Waals surface area contributed by atoms with E-state index in [0.29, 0.717) is 26.1 Å². The van der Waals surface area contributed by atoms with Crippen LogP contribution in [0.25, 0.3) is 0 Å². The molecule has 0 aliphatic carbocycles. The van der Waals surface area contributed by atoms with Gasteiger partial charge in [-0.25, -0.2) is 4.79 Å². The molecule has 0 saturated carbocycles. The third-order valence-electron chi connectivity index (χ3n) is 5.27. The molecule has 1 spiro atoms. The van der Waals surface area contributed by atoms with Crippen molar-refractivity contribution < 1.29 is 14.3 Å². The van der Waals surface area contributed by atoms with E-state index in [0.717, 1.165) is 12.8 Å². The number of nitrogens with zero attached hydrogens (tertiary/aromatic N) is 2. The summed E-state index contributed by atoms with van der Waals surface area (Å²) in [5.74, 6) is 0.366. The maximum Gasteiger partial charge on any atom is 0.410 e. The smallest absolute Gasteiger partial charge is 0.410 e. The third kappa shape index (κ3) is 3.94. The van der Waals surface area contributed by atoms with Gasteiger partial charge in [0.05, 0.1) is 0 Å². The third-order valence-corrected chi connectivity index (χ3v) is 5.27. The van der Waals surface area contributed by atoms with Gasteiger partial charge in [-0.3, -0.25) is 9.78 Å². The van der Waals surface area contributed by atoms with Crippen LogP contribution >= 0.6 is 0 Å². The molecule has 0 aromatic carbocycles. The van der Waals surface area contributed by atoms with Crippen molar-refractivity contribution in [2.75, 3.05) is 19.6 Å². The molecular formula is C19H27N3O3. The van der Waals surface area contributed by atoms with Gasteiger partial charge in [0.2, 0.25) is 5.91 Å². The number of hydrogen-bond donors (Lipinski definition) is 1. The summed E-state index contributed by atoms with van der Waals surface area (Å²) in [7, 11) is 0. The number of nitrogens with one attached hydrogen (secondary N) is 1. The molecule has 1 N–H and O–H groups in total. The number of ether oxygens (including phenoxy) is 1. The van der Waals surface area contributed by atoms with Crippen molar-refractivity contribution in [3.05, 3.63) is 30.1 Å². The molecule has 2 saturated heterocycles. The normalized spacial score (nSPS) is 23.2. The van der Waals surface area contributed by atoms with Crippen LogP contribution in [0.4, 0.5) is 4.79 Å². The minimum absolute atomic E-state index is 0.0950.